The fraction of sp³-hybridized carbons (Fsp3) is 0.462. The van der Waals surface area contributed by atoms with Crippen LogP contribution in [-0.2, 0) is 9.59 Å². The minimum absolute atomic E-state index is 0.0481. The summed E-state index contributed by atoms with van der Waals surface area (Å²) >= 11 is 12.7. The molecule has 1 heterocycles. The van der Waals surface area contributed by atoms with E-state index in [2.05, 4.69) is 10.2 Å². The molecule has 1 atom stereocenters. The second kappa shape index (κ2) is 11.4. The molecule has 2 fully saturated rings. The van der Waals surface area contributed by atoms with Crippen LogP contribution >= 0.6 is 23.2 Å². The average Bonchev–Trinajstić information content (AvgIpc) is 3.10. The number of nitrogens with zero attached hydrogens (tertiary/aromatic N) is 2. The molecule has 176 valence electrons. The normalized spacial score (nSPS) is 19.0. The molecule has 4 rings (SSSR count). The van der Waals surface area contributed by atoms with Gasteiger partial charge in [-0.1, -0.05) is 79.2 Å². The molecular formula is C26H31Cl2N3O2. The van der Waals surface area contributed by atoms with Crippen molar-refractivity contribution in [3.8, 4) is 0 Å². The Morgan fingerprint density at radius 3 is 2.12 bits per heavy atom. The highest BCUT2D eigenvalue weighted by Crippen LogP contribution is 2.34. The van der Waals surface area contributed by atoms with E-state index in [4.69, 9.17) is 23.2 Å². The van der Waals surface area contributed by atoms with Gasteiger partial charge in [-0.3, -0.25) is 14.5 Å². The van der Waals surface area contributed by atoms with Gasteiger partial charge in [-0.05, 0) is 42.2 Å². The second-order valence-electron chi connectivity index (χ2n) is 8.97. The lowest BCUT2D eigenvalue weighted by Crippen LogP contribution is -2.54. The van der Waals surface area contributed by atoms with Gasteiger partial charge in [-0.2, -0.15) is 0 Å². The van der Waals surface area contributed by atoms with Crippen LogP contribution < -0.4 is 5.32 Å². The SMILES string of the molecule is O=C(NC1CCCCCC1)C(=O)N1CCN(C(c2ccc(Cl)cc2)c2ccccc2Cl)CC1. The summed E-state index contributed by atoms with van der Waals surface area (Å²) < 4.78 is 0. The van der Waals surface area contributed by atoms with E-state index >= 15 is 0 Å². The van der Waals surface area contributed by atoms with E-state index in [1.807, 2.05) is 48.5 Å². The third-order valence-electron chi connectivity index (χ3n) is 6.74. The number of nitrogens with one attached hydrogen (secondary N) is 1. The number of amides is 2. The molecular weight excluding hydrogens is 457 g/mol. The van der Waals surface area contributed by atoms with Gasteiger partial charge in [0.05, 0.1) is 6.04 Å². The number of halogens is 2. The number of carbonyl (C=O) groups is 2. The number of piperazine rings is 1. The highest BCUT2D eigenvalue weighted by atomic mass is 35.5. The standard InChI is InChI=1S/C26H31Cl2N3O2/c27-20-13-11-19(12-14-20)24(22-9-5-6-10-23(22)28)30-15-17-31(18-16-30)26(33)25(32)29-21-7-3-1-2-4-8-21/h5-6,9-14,21,24H,1-4,7-8,15-18H2,(H,29,32). The van der Waals surface area contributed by atoms with Gasteiger partial charge in [0.1, 0.15) is 0 Å². The Balaban J connectivity index is 1.43. The van der Waals surface area contributed by atoms with Gasteiger partial charge in [0.15, 0.2) is 0 Å². The largest absolute Gasteiger partial charge is 0.345 e. The minimum Gasteiger partial charge on any atom is -0.345 e. The topological polar surface area (TPSA) is 52.7 Å². The van der Waals surface area contributed by atoms with Crippen LogP contribution in [0.25, 0.3) is 0 Å². The molecule has 1 N–H and O–H groups in total. The van der Waals surface area contributed by atoms with Crippen LogP contribution in [0.3, 0.4) is 0 Å². The molecule has 7 heteroatoms. The predicted octanol–water partition coefficient (Wildman–Crippen LogP) is 5.07. The highest BCUT2D eigenvalue weighted by molar-refractivity contribution is 6.35. The molecule has 5 nitrogen and oxygen atoms in total. The van der Waals surface area contributed by atoms with E-state index in [9.17, 15) is 9.59 Å². The Morgan fingerprint density at radius 1 is 0.848 bits per heavy atom. The number of carbonyl (C=O) groups excluding carboxylic acids is 2. The van der Waals surface area contributed by atoms with Crippen LogP contribution in [0.5, 0.6) is 0 Å². The molecule has 2 aromatic carbocycles. The first kappa shape index (κ1) is 24.1. The highest BCUT2D eigenvalue weighted by Gasteiger charge is 2.32. The third-order valence-corrected chi connectivity index (χ3v) is 7.33. The van der Waals surface area contributed by atoms with Crippen molar-refractivity contribution in [2.45, 2.75) is 50.6 Å². The van der Waals surface area contributed by atoms with E-state index in [1.54, 1.807) is 4.90 Å². The number of hydrogen-bond donors (Lipinski definition) is 1. The Bertz CT molecular complexity index is 950. The van der Waals surface area contributed by atoms with Gasteiger partial charge in [0.25, 0.3) is 0 Å². The Labute approximate surface area is 206 Å². The van der Waals surface area contributed by atoms with Crippen molar-refractivity contribution in [2.24, 2.45) is 0 Å². The average molecular weight is 488 g/mol. The summed E-state index contributed by atoms with van der Waals surface area (Å²) in [4.78, 5) is 29.4. The van der Waals surface area contributed by atoms with E-state index in [0.29, 0.717) is 36.2 Å². The predicted molar refractivity (Wildman–Crippen MR) is 133 cm³/mol. The van der Waals surface area contributed by atoms with E-state index in [-0.39, 0.29) is 12.1 Å². The molecule has 1 saturated heterocycles. The van der Waals surface area contributed by atoms with Crippen LogP contribution in [0.4, 0.5) is 0 Å². The molecule has 2 aromatic rings. The number of rotatable bonds is 4. The molecule has 0 aromatic heterocycles. The first-order valence-corrected chi connectivity index (χ1v) is 12.6. The van der Waals surface area contributed by atoms with Crippen LogP contribution in [0.2, 0.25) is 10.0 Å². The molecule has 1 unspecified atom stereocenters. The molecule has 2 amide bonds. The van der Waals surface area contributed by atoms with Crippen molar-refractivity contribution in [1.82, 2.24) is 15.1 Å². The van der Waals surface area contributed by atoms with Gasteiger partial charge >= 0.3 is 11.8 Å². The maximum Gasteiger partial charge on any atom is 0.311 e. The molecule has 1 aliphatic heterocycles. The van der Waals surface area contributed by atoms with Gasteiger partial charge < -0.3 is 10.2 Å². The Morgan fingerprint density at radius 2 is 1.48 bits per heavy atom. The quantitative estimate of drug-likeness (QED) is 0.483. The van der Waals surface area contributed by atoms with Crippen molar-refractivity contribution in [3.05, 3.63) is 69.7 Å². The molecule has 1 saturated carbocycles. The fourth-order valence-electron chi connectivity index (χ4n) is 4.93. The molecule has 0 radical (unpaired) electrons. The molecule has 1 aliphatic carbocycles. The first-order chi connectivity index (χ1) is 16.0. The summed E-state index contributed by atoms with van der Waals surface area (Å²) in [5.41, 5.74) is 2.12. The zero-order valence-electron chi connectivity index (χ0n) is 18.8. The monoisotopic (exact) mass is 487 g/mol. The van der Waals surface area contributed by atoms with E-state index < -0.39 is 11.8 Å². The molecule has 0 bridgehead atoms. The zero-order chi connectivity index (χ0) is 23.2. The van der Waals surface area contributed by atoms with Gasteiger partial charge in [0, 0.05) is 42.3 Å². The van der Waals surface area contributed by atoms with Crippen molar-refractivity contribution in [2.75, 3.05) is 26.2 Å². The summed E-state index contributed by atoms with van der Waals surface area (Å²) in [6.07, 6.45) is 6.59. The maximum absolute atomic E-state index is 12.8. The lowest BCUT2D eigenvalue weighted by molar-refractivity contribution is -0.147. The van der Waals surface area contributed by atoms with Crippen molar-refractivity contribution >= 4 is 35.0 Å². The van der Waals surface area contributed by atoms with Crippen LogP contribution in [0.1, 0.15) is 55.7 Å². The minimum atomic E-state index is -0.462. The summed E-state index contributed by atoms with van der Waals surface area (Å²) in [6.45, 7) is 2.32. The smallest absolute Gasteiger partial charge is 0.311 e. The lowest BCUT2D eigenvalue weighted by atomic mass is 9.96. The fourth-order valence-corrected chi connectivity index (χ4v) is 5.29. The van der Waals surface area contributed by atoms with Crippen molar-refractivity contribution in [1.29, 1.82) is 0 Å². The third kappa shape index (κ3) is 6.08. The van der Waals surface area contributed by atoms with E-state index in [0.717, 1.165) is 36.8 Å². The molecule has 33 heavy (non-hydrogen) atoms. The maximum atomic E-state index is 12.8. The van der Waals surface area contributed by atoms with Gasteiger partial charge in [-0.25, -0.2) is 0 Å². The van der Waals surface area contributed by atoms with Gasteiger partial charge in [-0.15, -0.1) is 0 Å². The summed E-state index contributed by atoms with van der Waals surface area (Å²) in [5, 5.41) is 4.37. The Hall–Kier alpha value is -2.08. The molecule has 2 aliphatic rings. The Kier molecular flexibility index (Phi) is 8.29. The van der Waals surface area contributed by atoms with Crippen LogP contribution in [0, 0.1) is 0 Å². The van der Waals surface area contributed by atoms with Crippen molar-refractivity contribution in [3.63, 3.8) is 0 Å². The number of benzene rings is 2. The summed E-state index contributed by atoms with van der Waals surface area (Å²) in [7, 11) is 0. The van der Waals surface area contributed by atoms with E-state index in [1.165, 1.54) is 12.8 Å². The lowest BCUT2D eigenvalue weighted by Gasteiger charge is -2.39. The molecule has 0 spiro atoms. The zero-order valence-corrected chi connectivity index (χ0v) is 20.3. The van der Waals surface area contributed by atoms with Gasteiger partial charge in [0.2, 0.25) is 0 Å². The first-order valence-electron chi connectivity index (χ1n) is 11.9. The van der Waals surface area contributed by atoms with Crippen LogP contribution in [-0.4, -0.2) is 53.8 Å². The summed E-state index contributed by atoms with van der Waals surface area (Å²) in [5.74, 6) is -0.879. The van der Waals surface area contributed by atoms with Crippen LogP contribution in [0.15, 0.2) is 48.5 Å². The summed E-state index contributed by atoms with van der Waals surface area (Å²) in [6, 6.07) is 15.7. The number of hydrogen-bond acceptors (Lipinski definition) is 3. The van der Waals surface area contributed by atoms with Crippen molar-refractivity contribution < 1.29 is 9.59 Å². The second-order valence-corrected chi connectivity index (χ2v) is 9.81.